The monoisotopic (exact) mass is 592 g/mol. The Bertz CT molecular complexity index is 718. The second-order valence-electron chi connectivity index (χ2n) is 13.1. The second kappa shape index (κ2) is 24.9. The second-order valence-corrected chi connectivity index (χ2v) is 13.1. The summed E-state index contributed by atoms with van der Waals surface area (Å²) < 4.78 is 10.7. The Morgan fingerprint density at radius 2 is 1.24 bits per heavy atom. The average Bonchev–Trinajstić information content (AvgIpc) is 3.02. The zero-order valence-corrected chi connectivity index (χ0v) is 27.2. The minimum Gasteiger partial charge on any atom is -0.462 e. The van der Waals surface area contributed by atoms with Gasteiger partial charge in [-0.1, -0.05) is 129 Å². The standard InChI is InChI=1S/C32H58O4.C4H6O2/c1-4-5-7-10-27-13-15-28(16-14-27)11-8-6-9-12-29-17-19-30(20-18-29)21-22-31(24-35-3)25-36-32(34)26(2)23-33;1-4(2-5)3-6/h27-31,33H,2,4-25H2,1,3H3;2,6H,1,3H2. The molecule has 0 aliphatic heterocycles. The molecule has 0 bridgehead atoms. The first kappa shape index (κ1) is 38.5. The molecule has 2 fully saturated rings. The summed E-state index contributed by atoms with van der Waals surface area (Å²) in [5, 5.41) is 17.0. The summed E-state index contributed by atoms with van der Waals surface area (Å²) >= 11 is 0. The third kappa shape index (κ3) is 18.2. The molecule has 6 nitrogen and oxygen atoms in total. The van der Waals surface area contributed by atoms with Crippen LogP contribution in [0.25, 0.3) is 0 Å². The summed E-state index contributed by atoms with van der Waals surface area (Å²) in [6.45, 7) is 9.39. The van der Waals surface area contributed by atoms with E-state index in [9.17, 15) is 9.59 Å². The number of aliphatic hydroxyl groups is 2. The minimum absolute atomic E-state index is 0.116. The highest BCUT2D eigenvalue weighted by molar-refractivity contribution is 5.87. The maximum Gasteiger partial charge on any atom is 0.335 e. The van der Waals surface area contributed by atoms with Crippen LogP contribution in [0, 0.1) is 29.6 Å². The predicted molar refractivity (Wildman–Crippen MR) is 172 cm³/mol. The van der Waals surface area contributed by atoms with E-state index in [0.717, 1.165) is 30.1 Å². The number of hydrogen-bond donors (Lipinski definition) is 2. The van der Waals surface area contributed by atoms with Crippen LogP contribution in [0.4, 0.5) is 0 Å². The van der Waals surface area contributed by atoms with E-state index >= 15 is 0 Å². The number of ether oxygens (including phenoxy) is 2. The van der Waals surface area contributed by atoms with Gasteiger partial charge in [0.15, 0.2) is 0 Å². The maximum atomic E-state index is 11.8. The molecule has 0 saturated heterocycles. The van der Waals surface area contributed by atoms with E-state index < -0.39 is 5.97 Å². The van der Waals surface area contributed by atoms with Gasteiger partial charge >= 0.3 is 5.97 Å². The molecule has 0 aromatic rings. The normalized spacial score (nSPS) is 22.9. The Kier molecular flexibility index (Phi) is 22.8. The van der Waals surface area contributed by atoms with Crippen LogP contribution in [0.3, 0.4) is 0 Å². The van der Waals surface area contributed by atoms with Crippen molar-refractivity contribution in [3.8, 4) is 0 Å². The van der Waals surface area contributed by atoms with E-state index in [1.165, 1.54) is 116 Å². The van der Waals surface area contributed by atoms with Gasteiger partial charge < -0.3 is 19.7 Å². The lowest BCUT2D eigenvalue weighted by Gasteiger charge is -2.30. The molecule has 0 amide bonds. The molecule has 2 saturated carbocycles. The molecule has 244 valence electrons. The van der Waals surface area contributed by atoms with Crippen molar-refractivity contribution >= 4 is 12.3 Å². The van der Waals surface area contributed by atoms with E-state index in [1.807, 2.05) is 0 Å². The number of esters is 1. The average molecular weight is 593 g/mol. The topological polar surface area (TPSA) is 93.1 Å². The number of methoxy groups -OCH3 is 1. The van der Waals surface area contributed by atoms with E-state index in [-0.39, 0.29) is 30.3 Å². The molecule has 2 rings (SSSR count). The van der Waals surface area contributed by atoms with Crippen molar-refractivity contribution in [2.75, 3.05) is 33.5 Å². The first-order valence-electron chi connectivity index (χ1n) is 17.0. The lowest BCUT2D eigenvalue weighted by Crippen LogP contribution is -2.22. The third-order valence-corrected chi connectivity index (χ3v) is 9.56. The molecule has 0 heterocycles. The highest BCUT2D eigenvalue weighted by Crippen LogP contribution is 2.36. The van der Waals surface area contributed by atoms with Crippen LogP contribution >= 0.6 is 0 Å². The SMILES string of the molecule is C=C(C=O)CO.C=C(CO)C(=O)OCC(CCC1CCC(CCCCCC2CCC(CCCCC)CC2)CC1)COC. The first-order valence-corrected chi connectivity index (χ1v) is 17.0. The van der Waals surface area contributed by atoms with Crippen LogP contribution in [0.15, 0.2) is 24.3 Å². The van der Waals surface area contributed by atoms with Gasteiger partial charge in [-0.2, -0.15) is 0 Å². The number of rotatable bonds is 21. The zero-order chi connectivity index (χ0) is 31.0. The molecule has 1 unspecified atom stereocenters. The highest BCUT2D eigenvalue weighted by atomic mass is 16.5. The molecular formula is C36H64O6. The Labute approximate surface area is 257 Å². The molecule has 2 aliphatic carbocycles. The van der Waals surface area contributed by atoms with Crippen molar-refractivity contribution in [3.05, 3.63) is 24.3 Å². The highest BCUT2D eigenvalue weighted by Gasteiger charge is 2.23. The van der Waals surface area contributed by atoms with E-state index in [4.69, 9.17) is 19.7 Å². The molecule has 6 heteroatoms. The molecule has 0 radical (unpaired) electrons. The molecule has 0 aromatic heterocycles. The van der Waals surface area contributed by atoms with Crippen molar-refractivity contribution < 1.29 is 29.3 Å². The fraction of sp³-hybridized carbons (Fsp3) is 0.833. The van der Waals surface area contributed by atoms with Gasteiger partial charge in [0.2, 0.25) is 0 Å². The molecule has 2 N–H and O–H groups in total. The summed E-state index contributed by atoms with van der Waals surface area (Å²) in [5.41, 5.74) is 0.333. The third-order valence-electron chi connectivity index (χ3n) is 9.56. The number of unbranched alkanes of at least 4 members (excludes halogenated alkanes) is 4. The molecular weight excluding hydrogens is 528 g/mol. The van der Waals surface area contributed by atoms with Crippen molar-refractivity contribution in [1.82, 2.24) is 0 Å². The lowest BCUT2D eigenvalue weighted by molar-refractivity contribution is -0.141. The summed E-state index contributed by atoms with van der Waals surface area (Å²) in [6, 6.07) is 0. The number of hydrogen-bond acceptors (Lipinski definition) is 6. The molecule has 0 aromatic carbocycles. The zero-order valence-electron chi connectivity index (χ0n) is 27.2. The molecule has 2 aliphatic rings. The summed E-state index contributed by atoms with van der Waals surface area (Å²) in [6.07, 6.45) is 27.3. The molecule has 0 spiro atoms. The minimum atomic E-state index is -0.496. The van der Waals surface area contributed by atoms with Gasteiger partial charge in [-0.05, 0) is 36.5 Å². The van der Waals surface area contributed by atoms with Crippen molar-refractivity contribution in [2.45, 2.75) is 129 Å². The number of aliphatic hydroxyl groups excluding tert-OH is 2. The van der Waals surface area contributed by atoms with E-state index in [1.54, 1.807) is 7.11 Å². The Morgan fingerprint density at radius 3 is 1.62 bits per heavy atom. The Hall–Kier alpha value is -1.50. The lowest BCUT2D eigenvalue weighted by atomic mass is 9.76. The van der Waals surface area contributed by atoms with Crippen LogP contribution in [0.1, 0.15) is 129 Å². The van der Waals surface area contributed by atoms with Crippen LogP contribution in [0.5, 0.6) is 0 Å². The summed E-state index contributed by atoms with van der Waals surface area (Å²) in [5.74, 6) is 3.55. The molecule has 42 heavy (non-hydrogen) atoms. The van der Waals surface area contributed by atoms with E-state index in [2.05, 4.69) is 20.1 Å². The van der Waals surface area contributed by atoms with Crippen molar-refractivity contribution in [3.63, 3.8) is 0 Å². The number of carbonyl (C=O) groups excluding carboxylic acids is 2. The van der Waals surface area contributed by atoms with Crippen LogP contribution in [-0.2, 0) is 19.1 Å². The number of aldehydes is 1. The van der Waals surface area contributed by atoms with Gasteiger partial charge in [0, 0.05) is 18.6 Å². The maximum absolute atomic E-state index is 11.8. The first-order chi connectivity index (χ1) is 20.4. The fourth-order valence-corrected chi connectivity index (χ4v) is 6.66. The fourth-order valence-electron chi connectivity index (χ4n) is 6.66. The van der Waals surface area contributed by atoms with Crippen LogP contribution in [-0.4, -0.2) is 56.0 Å². The number of carbonyl (C=O) groups is 2. The summed E-state index contributed by atoms with van der Waals surface area (Å²) in [4.78, 5) is 21.2. The van der Waals surface area contributed by atoms with Gasteiger partial charge in [-0.3, -0.25) is 4.79 Å². The smallest absolute Gasteiger partial charge is 0.335 e. The Morgan fingerprint density at radius 1 is 0.762 bits per heavy atom. The van der Waals surface area contributed by atoms with Gasteiger partial charge in [0.25, 0.3) is 0 Å². The van der Waals surface area contributed by atoms with Crippen LogP contribution in [0.2, 0.25) is 0 Å². The van der Waals surface area contributed by atoms with E-state index in [0.29, 0.717) is 19.5 Å². The van der Waals surface area contributed by atoms with Crippen LogP contribution < -0.4 is 0 Å². The summed E-state index contributed by atoms with van der Waals surface area (Å²) in [7, 11) is 1.70. The van der Waals surface area contributed by atoms with Crippen molar-refractivity contribution in [1.29, 1.82) is 0 Å². The van der Waals surface area contributed by atoms with Gasteiger partial charge in [0.1, 0.15) is 6.29 Å². The largest absolute Gasteiger partial charge is 0.462 e. The van der Waals surface area contributed by atoms with Crippen molar-refractivity contribution in [2.24, 2.45) is 29.6 Å². The van der Waals surface area contributed by atoms with Gasteiger partial charge in [-0.15, -0.1) is 0 Å². The Balaban J connectivity index is 0.00000132. The molecule has 1 atom stereocenters. The van der Waals surface area contributed by atoms with Gasteiger partial charge in [0.05, 0.1) is 32.0 Å². The quantitative estimate of drug-likeness (QED) is 0.0607. The van der Waals surface area contributed by atoms with Gasteiger partial charge in [-0.25, -0.2) is 4.79 Å². The predicted octanol–water partition coefficient (Wildman–Crippen LogP) is 8.00.